The second-order valence-electron chi connectivity index (χ2n) is 3.48. The molecule has 0 aliphatic carbocycles. The zero-order chi connectivity index (χ0) is 10.7. The first kappa shape index (κ1) is 10.7. The number of benzene rings is 1. The van der Waals surface area contributed by atoms with Crippen LogP contribution in [0.2, 0.25) is 0 Å². The number of halogens is 1. The average molecular weight is 196 g/mol. The summed E-state index contributed by atoms with van der Waals surface area (Å²) in [6, 6.07) is 4.77. The van der Waals surface area contributed by atoms with Crippen LogP contribution in [0.1, 0.15) is 18.1 Å². The second kappa shape index (κ2) is 4.22. The van der Waals surface area contributed by atoms with Gasteiger partial charge in [-0.25, -0.2) is 4.39 Å². The van der Waals surface area contributed by atoms with Crippen LogP contribution in [0.3, 0.4) is 0 Å². The van der Waals surface area contributed by atoms with Crippen molar-refractivity contribution in [1.82, 2.24) is 0 Å². The minimum atomic E-state index is -0.896. The van der Waals surface area contributed by atoms with Gasteiger partial charge in [0.2, 0.25) is 0 Å². The molecule has 0 radical (unpaired) electrons. The third-order valence-corrected chi connectivity index (χ3v) is 2.28. The van der Waals surface area contributed by atoms with E-state index in [-0.39, 0.29) is 12.2 Å². The Bertz CT molecular complexity index is 327. The molecular formula is C11H13FO2. The van der Waals surface area contributed by atoms with Crippen molar-refractivity contribution < 1.29 is 14.3 Å². The maximum absolute atomic E-state index is 13.3. The standard InChI is InChI=1S/C11H13FO2/c1-7-4-3-5-10(12)9(7)6-8(2)11(13)14/h3-5,8H,6H2,1-2H3,(H,13,14). The van der Waals surface area contributed by atoms with Gasteiger partial charge in [0.05, 0.1) is 5.92 Å². The molecule has 0 saturated heterocycles. The van der Waals surface area contributed by atoms with E-state index in [0.29, 0.717) is 5.56 Å². The summed E-state index contributed by atoms with van der Waals surface area (Å²) in [6.07, 6.45) is 0.244. The summed E-state index contributed by atoms with van der Waals surface area (Å²) in [4.78, 5) is 10.6. The van der Waals surface area contributed by atoms with Crippen molar-refractivity contribution in [3.8, 4) is 0 Å². The molecule has 0 saturated carbocycles. The minimum absolute atomic E-state index is 0.244. The number of rotatable bonds is 3. The third kappa shape index (κ3) is 2.31. The van der Waals surface area contributed by atoms with Crippen molar-refractivity contribution in [2.45, 2.75) is 20.3 Å². The Labute approximate surface area is 82.4 Å². The van der Waals surface area contributed by atoms with E-state index in [9.17, 15) is 9.18 Å². The monoisotopic (exact) mass is 196 g/mol. The van der Waals surface area contributed by atoms with Crippen molar-refractivity contribution >= 4 is 5.97 Å². The van der Waals surface area contributed by atoms with Crippen LogP contribution in [0, 0.1) is 18.7 Å². The average Bonchev–Trinajstić information content (AvgIpc) is 2.11. The van der Waals surface area contributed by atoms with Crippen LogP contribution in [0.4, 0.5) is 4.39 Å². The fraction of sp³-hybridized carbons (Fsp3) is 0.364. The summed E-state index contributed by atoms with van der Waals surface area (Å²) in [6.45, 7) is 3.36. The molecule has 1 N–H and O–H groups in total. The van der Waals surface area contributed by atoms with Gasteiger partial charge in [-0.2, -0.15) is 0 Å². The first-order chi connectivity index (χ1) is 6.52. The fourth-order valence-electron chi connectivity index (χ4n) is 1.32. The predicted molar refractivity (Wildman–Crippen MR) is 51.6 cm³/mol. The highest BCUT2D eigenvalue weighted by atomic mass is 19.1. The van der Waals surface area contributed by atoms with Crippen LogP contribution in [0.5, 0.6) is 0 Å². The summed E-state index contributed by atoms with van der Waals surface area (Å²) < 4.78 is 13.3. The number of carbonyl (C=O) groups is 1. The molecule has 1 unspecified atom stereocenters. The van der Waals surface area contributed by atoms with Gasteiger partial charge in [0.15, 0.2) is 0 Å². The summed E-state index contributed by atoms with van der Waals surface area (Å²) in [5.41, 5.74) is 1.31. The van der Waals surface area contributed by atoms with Gasteiger partial charge < -0.3 is 5.11 Å². The highest BCUT2D eigenvalue weighted by Gasteiger charge is 2.15. The predicted octanol–water partition coefficient (Wildman–Crippen LogP) is 2.40. The molecule has 0 spiro atoms. The van der Waals surface area contributed by atoms with Crippen LogP contribution < -0.4 is 0 Å². The van der Waals surface area contributed by atoms with Crippen molar-refractivity contribution in [1.29, 1.82) is 0 Å². The van der Waals surface area contributed by atoms with Gasteiger partial charge >= 0.3 is 5.97 Å². The SMILES string of the molecule is Cc1cccc(F)c1CC(C)C(=O)O. The summed E-state index contributed by atoms with van der Waals surface area (Å²) in [5, 5.41) is 8.70. The first-order valence-corrected chi connectivity index (χ1v) is 4.49. The molecule has 0 bridgehead atoms. The van der Waals surface area contributed by atoms with Crippen LogP contribution in [-0.2, 0) is 11.2 Å². The zero-order valence-electron chi connectivity index (χ0n) is 8.25. The normalized spacial score (nSPS) is 12.5. The quantitative estimate of drug-likeness (QED) is 0.806. The topological polar surface area (TPSA) is 37.3 Å². The molecule has 76 valence electrons. The van der Waals surface area contributed by atoms with E-state index >= 15 is 0 Å². The molecule has 1 rings (SSSR count). The molecule has 0 fully saturated rings. The minimum Gasteiger partial charge on any atom is -0.481 e. The van der Waals surface area contributed by atoms with Crippen molar-refractivity contribution in [3.63, 3.8) is 0 Å². The smallest absolute Gasteiger partial charge is 0.306 e. The molecule has 0 heterocycles. The van der Waals surface area contributed by atoms with E-state index in [4.69, 9.17) is 5.11 Å². The van der Waals surface area contributed by atoms with E-state index < -0.39 is 11.9 Å². The second-order valence-corrected chi connectivity index (χ2v) is 3.48. The number of aryl methyl sites for hydroxylation is 1. The lowest BCUT2D eigenvalue weighted by Crippen LogP contribution is -2.13. The fourth-order valence-corrected chi connectivity index (χ4v) is 1.32. The Balaban J connectivity index is 2.91. The lowest BCUT2D eigenvalue weighted by molar-refractivity contribution is -0.141. The Morgan fingerprint density at radius 3 is 2.71 bits per heavy atom. The Kier molecular flexibility index (Phi) is 3.23. The number of carboxylic acid groups (broad SMARTS) is 1. The van der Waals surface area contributed by atoms with E-state index in [1.165, 1.54) is 6.07 Å². The summed E-state index contributed by atoms with van der Waals surface area (Å²) in [5.74, 6) is -1.77. The lowest BCUT2D eigenvalue weighted by atomic mass is 9.97. The maximum Gasteiger partial charge on any atom is 0.306 e. The van der Waals surface area contributed by atoms with Crippen molar-refractivity contribution in [2.24, 2.45) is 5.92 Å². The number of hydrogen-bond acceptors (Lipinski definition) is 1. The lowest BCUT2D eigenvalue weighted by Gasteiger charge is -2.09. The Morgan fingerprint density at radius 2 is 2.21 bits per heavy atom. The van der Waals surface area contributed by atoms with Crippen LogP contribution in [-0.4, -0.2) is 11.1 Å². The molecule has 0 aromatic heterocycles. The van der Waals surface area contributed by atoms with Crippen molar-refractivity contribution in [2.75, 3.05) is 0 Å². The van der Waals surface area contributed by atoms with Gasteiger partial charge in [-0.05, 0) is 30.5 Å². The molecular weight excluding hydrogens is 183 g/mol. The first-order valence-electron chi connectivity index (χ1n) is 4.49. The Hall–Kier alpha value is -1.38. The zero-order valence-corrected chi connectivity index (χ0v) is 8.25. The highest BCUT2D eigenvalue weighted by Crippen LogP contribution is 2.17. The van der Waals surface area contributed by atoms with Gasteiger partial charge in [-0.3, -0.25) is 4.79 Å². The molecule has 1 aromatic rings. The van der Waals surface area contributed by atoms with Crippen LogP contribution in [0.25, 0.3) is 0 Å². The van der Waals surface area contributed by atoms with E-state index in [1.807, 2.05) is 0 Å². The molecule has 14 heavy (non-hydrogen) atoms. The Morgan fingerprint density at radius 1 is 1.57 bits per heavy atom. The van der Waals surface area contributed by atoms with E-state index in [2.05, 4.69) is 0 Å². The van der Waals surface area contributed by atoms with Crippen molar-refractivity contribution in [3.05, 3.63) is 35.1 Å². The van der Waals surface area contributed by atoms with Gasteiger partial charge in [-0.1, -0.05) is 19.1 Å². The van der Waals surface area contributed by atoms with Gasteiger partial charge in [0, 0.05) is 0 Å². The molecule has 2 nitrogen and oxygen atoms in total. The molecule has 1 atom stereocenters. The molecule has 1 aromatic carbocycles. The van der Waals surface area contributed by atoms with E-state index in [0.717, 1.165) is 5.56 Å². The number of carboxylic acids is 1. The van der Waals surface area contributed by atoms with Crippen LogP contribution >= 0.6 is 0 Å². The molecule has 3 heteroatoms. The largest absolute Gasteiger partial charge is 0.481 e. The van der Waals surface area contributed by atoms with Gasteiger partial charge in [0.1, 0.15) is 5.82 Å². The van der Waals surface area contributed by atoms with Gasteiger partial charge in [0.25, 0.3) is 0 Å². The van der Waals surface area contributed by atoms with E-state index in [1.54, 1.807) is 26.0 Å². The summed E-state index contributed by atoms with van der Waals surface area (Å²) in [7, 11) is 0. The van der Waals surface area contributed by atoms with Gasteiger partial charge in [-0.15, -0.1) is 0 Å². The maximum atomic E-state index is 13.3. The highest BCUT2D eigenvalue weighted by molar-refractivity contribution is 5.70. The molecule has 0 amide bonds. The van der Waals surface area contributed by atoms with Crippen LogP contribution in [0.15, 0.2) is 18.2 Å². The molecule has 0 aliphatic rings. The number of aliphatic carboxylic acids is 1. The summed E-state index contributed by atoms with van der Waals surface area (Å²) >= 11 is 0. The third-order valence-electron chi connectivity index (χ3n) is 2.28. The molecule has 0 aliphatic heterocycles. The number of hydrogen-bond donors (Lipinski definition) is 1.